The number of ether oxygens (including phenoxy) is 1. The van der Waals surface area contributed by atoms with Crippen molar-refractivity contribution in [3.05, 3.63) is 53.1 Å². The summed E-state index contributed by atoms with van der Waals surface area (Å²) >= 11 is 0. The van der Waals surface area contributed by atoms with Gasteiger partial charge in [-0.15, -0.1) is 0 Å². The van der Waals surface area contributed by atoms with Crippen molar-refractivity contribution in [2.24, 2.45) is 5.41 Å². The SMILES string of the molecule is Cc1ccc([C@@H]2C[C@@]3(CO)C=C[C@@](CO)(C2)O3)cc1C1=CCC(C)(C)CC1. The average molecular weight is 369 g/mol. The van der Waals surface area contributed by atoms with Gasteiger partial charge in [0, 0.05) is 0 Å². The number of rotatable bonds is 4. The van der Waals surface area contributed by atoms with E-state index in [2.05, 4.69) is 45.0 Å². The van der Waals surface area contributed by atoms with Crippen LogP contribution in [0.5, 0.6) is 0 Å². The minimum atomic E-state index is -0.648. The van der Waals surface area contributed by atoms with Crippen molar-refractivity contribution in [3.8, 4) is 0 Å². The van der Waals surface area contributed by atoms with E-state index in [1.54, 1.807) is 0 Å². The predicted octanol–water partition coefficient (Wildman–Crippen LogP) is 4.51. The van der Waals surface area contributed by atoms with Crippen molar-refractivity contribution in [1.29, 1.82) is 0 Å². The molecule has 1 fully saturated rings. The molecule has 1 aromatic rings. The number of aryl methyl sites for hydroxylation is 1. The number of fused-ring (bicyclic) bond motifs is 2. The van der Waals surface area contributed by atoms with Gasteiger partial charge in [0.05, 0.1) is 13.2 Å². The van der Waals surface area contributed by atoms with Gasteiger partial charge in [0.25, 0.3) is 0 Å². The van der Waals surface area contributed by atoms with Crippen LogP contribution in [-0.2, 0) is 4.74 Å². The van der Waals surface area contributed by atoms with Crippen LogP contribution in [0.4, 0.5) is 0 Å². The smallest absolute Gasteiger partial charge is 0.111 e. The molecular weight excluding hydrogens is 336 g/mol. The second kappa shape index (κ2) is 6.58. The summed E-state index contributed by atoms with van der Waals surface area (Å²) in [4.78, 5) is 0. The molecule has 2 bridgehead atoms. The van der Waals surface area contributed by atoms with Crippen molar-refractivity contribution in [3.63, 3.8) is 0 Å². The monoisotopic (exact) mass is 368 g/mol. The van der Waals surface area contributed by atoms with Crippen molar-refractivity contribution in [1.82, 2.24) is 0 Å². The molecule has 2 N–H and O–H groups in total. The van der Waals surface area contributed by atoms with Crippen LogP contribution in [0.3, 0.4) is 0 Å². The van der Waals surface area contributed by atoms with Gasteiger partial charge in [-0.3, -0.25) is 0 Å². The largest absolute Gasteiger partial charge is 0.393 e. The van der Waals surface area contributed by atoms with Gasteiger partial charge < -0.3 is 14.9 Å². The molecule has 0 aromatic heterocycles. The highest BCUT2D eigenvalue weighted by Crippen LogP contribution is 2.49. The van der Waals surface area contributed by atoms with Gasteiger partial charge in [-0.2, -0.15) is 0 Å². The van der Waals surface area contributed by atoms with Gasteiger partial charge in [-0.1, -0.05) is 50.3 Å². The van der Waals surface area contributed by atoms with E-state index in [9.17, 15) is 10.2 Å². The van der Waals surface area contributed by atoms with E-state index in [1.807, 2.05) is 12.2 Å². The lowest BCUT2D eigenvalue weighted by Gasteiger charge is -2.43. The third kappa shape index (κ3) is 3.41. The molecule has 0 saturated carbocycles. The Bertz CT molecular complexity index is 769. The summed E-state index contributed by atoms with van der Waals surface area (Å²) in [5.41, 5.74) is 4.56. The Balaban J connectivity index is 1.65. The van der Waals surface area contributed by atoms with Gasteiger partial charge in [0.2, 0.25) is 0 Å². The van der Waals surface area contributed by atoms with Gasteiger partial charge in [-0.05, 0) is 72.6 Å². The van der Waals surface area contributed by atoms with E-state index in [0.29, 0.717) is 5.41 Å². The van der Waals surface area contributed by atoms with Crippen LogP contribution in [0, 0.1) is 12.3 Å². The molecule has 4 rings (SSSR count). The standard InChI is InChI=1S/C24H32O3/c1-17-4-5-19(12-21(17)18-6-8-22(2,3)9-7-18)20-13-23(15-25)10-11-24(14-20,16-26)27-23/h4-6,10-12,20,25-26H,7-9,13-16H2,1-3H3/t20-,23-,24+. The summed E-state index contributed by atoms with van der Waals surface area (Å²) in [5, 5.41) is 19.9. The van der Waals surface area contributed by atoms with Crippen LogP contribution in [0.1, 0.15) is 68.6 Å². The summed E-state index contributed by atoms with van der Waals surface area (Å²) < 4.78 is 6.09. The molecule has 0 spiro atoms. The zero-order chi connectivity index (χ0) is 19.3. The summed E-state index contributed by atoms with van der Waals surface area (Å²) in [7, 11) is 0. The number of hydrogen-bond acceptors (Lipinski definition) is 3. The van der Waals surface area contributed by atoms with Gasteiger partial charge in [-0.25, -0.2) is 0 Å². The first-order valence-corrected chi connectivity index (χ1v) is 10.2. The molecule has 3 nitrogen and oxygen atoms in total. The van der Waals surface area contributed by atoms with Crippen LogP contribution >= 0.6 is 0 Å². The van der Waals surface area contributed by atoms with E-state index in [1.165, 1.54) is 28.7 Å². The molecule has 3 aliphatic rings. The van der Waals surface area contributed by atoms with Crippen LogP contribution < -0.4 is 0 Å². The molecule has 3 atom stereocenters. The number of benzene rings is 1. The van der Waals surface area contributed by atoms with Gasteiger partial charge >= 0.3 is 0 Å². The first kappa shape index (κ1) is 18.9. The third-order valence-corrected chi connectivity index (χ3v) is 6.87. The Morgan fingerprint density at radius 3 is 2.30 bits per heavy atom. The molecule has 0 amide bonds. The molecule has 2 aliphatic heterocycles. The Hall–Kier alpha value is -1.42. The molecule has 1 aromatic carbocycles. The van der Waals surface area contributed by atoms with Crippen LogP contribution in [-0.4, -0.2) is 34.6 Å². The maximum atomic E-state index is 9.93. The fraction of sp³-hybridized carbons (Fsp3) is 0.583. The molecule has 1 saturated heterocycles. The summed E-state index contributed by atoms with van der Waals surface area (Å²) in [6.07, 6.45) is 11.4. The second-order valence-electron chi connectivity index (χ2n) is 9.66. The van der Waals surface area contributed by atoms with Crippen LogP contribution in [0.15, 0.2) is 36.4 Å². The van der Waals surface area contributed by atoms with Crippen molar-refractivity contribution < 1.29 is 14.9 Å². The Labute approximate surface area is 162 Å². The van der Waals surface area contributed by atoms with Gasteiger partial charge in [0.1, 0.15) is 11.2 Å². The molecule has 146 valence electrons. The van der Waals surface area contributed by atoms with Crippen LogP contribution in [0.2, 0.25) is 0 Å². The second-order valence-corrected chi connectivity index (χ2v) is 9.66. The van der Waals surface area contributed by atoms with Crippen molar-refractivity contribution in [2.75, 3.05) is 13.2 Å². The summed E-state index contributed by atoms with van der Waals surface area (Å²) in [5.74, 6) is 0.271. The normalized spacial score (nSPS) is 34.6. The minimum Gasteiger partial charge on any atom is -0.393 e. The van der Waals surface area contributed by atoms with Gasteiger partial charge in [0.15, 0.2) is 0 Å². The lowest BCUT2D eigenvalue weighted by Crippen LogP contribution is -2.48. The number of hydrogen-bond donors (Lipinski definition) is 2. The van der Waals surface area contributed by atoms with E-state index in [4.69, 9.17) is 4.74 Å². The van der Waals surface area contributed by atoms with E-state index in [-0.39, 0.29) is 19.1 Å². The number of aliphatic hydroxyl groups is 2. The van der Waals surface area contributed by atoms with Crippen LogP contribution in [0.25, 0.3) is 5.57 Å². The molecule has 3 heteroatoms. The highest BCUT2D eigenvalue weighted by molar-refractivity contribution is 5.69. The Morgan fingerprint density at radius 2 is 1.74 bits per heavy atom. The summed E-state index contributed by atoms with van der Waals surface area (Å²) in [6.45, 7) is 6.80. The van der Waals surface area contributed by atoms with E-state index < -0.39 is 11.2 Å². The summed E-state index contributed by atoms with van der Waals surface area (Å²) in [6, 6.07) is 6.80. The molecule has 27 heavy (non-hydrogen) atoms. The lowest BCUT2D eigenvalue weighted by molar-refractivity contribution is -0.163. The fourth-order valence-corrected chi connectivity index (χ4v) is 5.00. The number of aliphatic hydroxyl groups excluding tert-OH is 2. The molecular formula is C24H32O3. The molecule has 0 unspecified atom stereocenters. The highest BCUT2D eigenvalue weighted by Gasteiger charge is 2.51. The van der Waals surface area contributed by atoms with Crippen molar-refractivity contribution >= 4 is 5.57 Å². The molecule has 2 heterocycles. The third-order valence-electron chi connectivity index (χ3n) is 6.87. The minimum absolute atomic E-state index is 0.0410. The Morgan fingerprint density at radius 1 is 1.07 bits per heavy atom. The Kier molecular flexibility index (Phi) is 4.61. The average Bonchev–Trinajstić information content (AvgIpc) is 2.94. The van der Waals surface area contributed by atoms with E-state index in [0.717, 1.165) is 25.7 Å². The zero-order valence-corrected chi connectivity index (χ0v) is 16.8. The first-order chi connectivity index (χ1) is 12.8. The maximum absolute atomic E-state index is 9.93. The first-order valence-electron chi connectivity index (χ1n) is 10.2. The predicted molar refractivity (Wildman–Crippen MR) is 109 cm³/mol. The van der Waals surface area contributed by atoms with E-state index >= 15 is 0 Å². The highest BCUT2D eigenvalue weighted by atomic mass is 16.5. The fourth-order valence-electron chi connectivity index (χ4n) is 5.00. The quantitative estimate of drug-likeness (QED) is 0.769. The molecule has 0 radical (unpaired) electrons. The lowest BCUT2D eigenvalue weighted by atomic mass is 9.75. The number of allylic oxidation sites excluding steroid dienone is 2. The van der Waals surface area contributed by atoms with Crippen molar-refractivity contribution in [2.45, 2.75) is 70.0 Å². The molecule has 1 aliphatic carbocycles. The topological polar surface area (TPSA) is 49.7 Å². The maximum Gasteiger partial charge on any atom is 0.111 e. The zero-order valence-electron chi connectivity index (χ0n) is 16.8.